The third-order valence-corrected chi connectivity index (χ3v) is 3.75. The maximum atomic E-state index is 13.4. The van der Waals surface area contributed by atoms with E-state index in [2.05, 4.69) is 0 Å². The molecule has 0 aliphatic heterocycles. The molecule has 2 aromatic rings. The van der Waals surface area contributed by atoms with Crippen molar-refractivity contribution in [3.8, 4) is 0 Å². The van der Waals surface area contributed by atoms with Gasteiger partial charge in [0.1, 0.15) is 0 Å². The topological polar surface area (TPSA) is 55.4 Å². The summed E-state index contributed by atoms with van der Waals surface area (Å²) in [5, 5.41) is 2.57. The molecule has 0 aliphatic rings. The van der Waals surface area contributed by atoms with Crippen molar-refractivity contribution < 1.29 is 27.5 Å². The van der Waals surface area contributed by atoms with E-state index in [9.17, 15) is 22.8 Å². The zero-order chi connectivity index (χ0) is 18.6. The zero-order valence-corrected chi connectivity index (χ0v) is 13.9. The van der Waals surface area contributed by atoms with Crippen LogP contribution in [0.25, 0.3) is 0 Å². The van der Waals surface area contributed by atoms with E-state index in [4.69, 9.17) is 27.9 Å². The van der Waals surface area contributed by atoms with Gasteiger partial charge in [-0.05, 0) is 29.8 Å². The minimum Gasteiger partial charge on any atom is -0.455 e. The molecular weight excluding hydrogens is 382 g/mol. The van der Waals surface area contributed by atoms with Gasteiger partial charge in [0.25, 0.3) is 5.91 Å². The van der Waals surface area contributed by atoms with Crippen molar-refractivity contribution in [3.05, 3.63) is 63.4 Å². The van der Waals surface area contributed by atoms with Crippen LogP contribution >= 0.6 is 23.2 Å². The zero-order valence-electron chi connectivity index (χ0n) is 12.4. The molecule has 9 heteroatoms. The number of esters is 1. The number of halogens is 5. The fourth-order valence-electron chi connectivity index (χ4n) is 1.82. The van der Waals surface area contributed by atoms with E-state index in [1.54, 1.807) is 6.07 Å². The third-order valence-electron chi connectivity index (χ3n) is 3.01. The Balaban J connectivity index is 1.88. The van der Waals surface area contributed by atoms with Crippen LogP contribution in [-0.4, -0.2) is 18.5 Å². The molecule has 0 heterocycles. The lowest BCUT2D eigenvalue weighted by molar-refractivity contribution is -0.146. The minimum absolute atomic E-state index is 0.163. The van der Waals surface area contributed by atoms with Crippen LogP contribution in [0, 0.1) is 17.5 Å². The van der Waals surface area contributed by atoms with Gasteiger partial charge in [0.05, 0.1) is 22.2 Å². The fraction of sp³-hybridized carbons (Fsp3) is 0.125. The molecule has 0 aliphatic carbocycles. The Labute approximate surface area is 150 Å². The van der Waals surface area contributed by atoms with Crippen molar-refractivity contribution in [2.45, 2.75) is 6.42 Å². The van der Waals surface area contributed by atoms with Gasteiger partial charge in [0.2, 0.25) is 0 Å². The molecule has 0 fully saturated rings. The van der Waals surface area contributed by atoms with Gasteiger partial charge in [0.15, 0.2) is 24.1 Å². The Bertz CT molecular complexity index is 831. The summed E-state index contributed by atoms with van der Waals surface area (Å²) in [4.78, 5) is 23.3. The molecule has 4 nitrogen and oxygen atoms in total. The summed E-state index contributed by atoms with van der Waals surface area (Å²) in [6, 6.07) is 6.05. The van der Waals surface area contributed by atoms with Crippen LogP contribution in [0.15, 0.2) is 30.3 Å². The number of anilines is 1. The second kappa shape index (κ2) is 8.22. The second-order valence-corrected chi connectivity index (χ2v) is 5.67. The molecule has 2 rings (SSSR count). The largest absolute Gasteiger partial charge is 0.455 e. The third kappa shape index (κ3) is 5.11. The Morgan fingerprint density at radius 3 is 2.40 bits per heavy atom. The molecule has 25 heavy (non-hydrogen) atoms. The van der Waals surface area contributed by atoms with Gasteiger partial charge in [-0.25, -0.2) is 13.2 Å². The minimum atomic E-state index is -1.71. The Kier molecular flexibility index (Phi) is 6.27. The number of benzene rings is 2. The highest BCUT2D eigenvalue weighted by Gasteiger charge is 2.16. The maximum Gasteiger partial charge on any atom is 0.310 e. The molecule has 2 aromatic carbocycles. The number of rotatable bonds is 5. The van der Waals surface area contributed by atoms with Crippen LogP contribution in [0.3, 0.4) is 0 Å². The van der Waals surface area contributed by atoms with Crippen LogP contribution in [-0.2, 0) is 20.7 Å². The lowest BCUT2D eigenvalue weighted by Gasteiger charge is -2.08. The van der Waals surface area contributed by atoms with E-state index in [0.29, 0.717) is 16.7 Å². The van der Waals surface area contributed by atoms with E-state index >= 15 is 0 Å². The lowest BCUT2D eigenvalue weighted by Crippen LogP contribution is -2.22. The lowest BCUT2D eigenvalue weighted by atomic mass is 10.1. The van der Waals surface area contributed by atoms with Crippen LogP contribution in [0.1, 0.15) is 5.56 Å². The van der Waals surface area contributed by atoms with E-state index in [1.165, 1.54) is 12.1 Å². The van der Waals surface area contributed by atoms with E-state index in [1.807, 2.05) is 5.32 Å². The van der Waals surface area contributed by atoms with Crippen LogP contribution in [0.5, 0.6) is 0 Å². The Morgan fingerprint density at radius 2 is 1.72 bits per heavy atom. The van der Waals surface area contributed by atoms with Gasteiger partial charge in [-0.2, -0.15) is 0 Å². The molecule has 132 valence electrons. The van der Waals surface area contributed by atoms with Crippen molar-refractivity contribution >= 4 is 40.8 Å². The van der Waals surface area contributed by atoms with Crippen molar-refractivity contribution in [1.82, 2.24) is 0 Å². The monoisotopic (exact) mass is 391 g/mol. The summed E-state index contributed by atoms with van der Waals surface area (Å²) < 4.78 is 44.0. The van der Waals surface area contributed by atoms with E-state index in [0.717, 1.165) is 6.07 Å². The number of carbonyl (C=O) groups excluding carboxylic acids is 2. The van der Waals surface area contributed by atoms with Crippen molar-refractivity contribution in [3.63, 3.8) is 0 Å². The summed E-state index contributed by atoms with van der Waals surface area (Å²) in [6.07, 6.45) is -0.163. The average molecular weight is 392 g/mol. The molecule has 0 saturated heterocycles. The highest BCUT2D eigenvalue weighted by molar-refractivity contribution is 6.42. The molecule has 0 atom stereocenters. The summed E-state index contributed by atoms with van der Waals surface area (Å²) in [5.41, 5.74) is -0.0455. The average Bonchev–Trinajstić information content (AvgIpc) is 2.57. The predicted molar refractivity (Wildman–Crippen MR) is 86.1 cm³/mol. The number of hydrogen-bond donors (Lipinski definition) is 1. The van der Waals surface area contributed by atoms with Gasteiger partial charge in [0, 0.05) is 0 Å². The molecule has 0 saturated carbocycles. The number of carbonyl (C=O) groups is 2. The fourth-order valence-corrected chi connectivity index (χ4v) is 2.14. The summed E-state index contributed by atoms with van der Waals surface area (Å²) in [5.74, 6) is -6.29. The van der Waals surface area contributed by atoms with Crippen LogP contribution in [0.4, 0.5) is 18.9 Å². The molecule has 0 aromatic heterocycles. The van der Waals surface area contributed by atoms with Gasteiger partial charge in [-0.15, -0.1) is 0 Å². The Morgan fingerprint density at radius 1 is 1.00 bits per heavy atom. The molecule has 0 spiro atoms. The van der Waals surface area contributed by atoms with Crippen molar-refractivity contribution in [2.75, 3.05) is 11.9 Å². The molecule has 0 unspecified atom stereocenters. The van der Waals surface area contributed by atoms with Gasteiger partial charge >= 0.3 is 5.97 Å². The number of amides is 1. The van der Waals surface area contributed by atoms with E-state index in [-0.39, 0.29) is 11.4 Å². The smallest absolute Gasteiger partial charge is 0.310 e. The van der Waals surface area contributed by atoms with Crippen molar-refractivity contribution in [2.24, 2.45) is 0 Å². The molecule has 0 radical (unpaired) electrons. The standard InChI is InChI=1S/C16H10Cl2F3NO3/c17-9-2-1-8(5-10(9)18)6-14(24)25-7-13(23)22-12-4-3-11(19)15(20)16(12)21/h1-5H,6-7H2,(H,22,23). The summed E-state index contributed by atoms with van der Waals surface area (Å²) >= 11 is 11.6. The second-order valence-electron chi connectivity index (χ2n) is 4.86. The summed E-state index contributed by atoms with van der Waals surface area (Å²) in [6.45, 7) is -0.724. The highest BCUT2D eigenvalue weighted by atomic mass is 35.5. The van der Waals surface area contributed by atoms with Gasteiger partial charge < -0.3 is 10.1 Å². The summed E-state index contributed by atoms with van der Waals surface area (Å²) in [7, 11) is 0. The normalized spacial score (nSPS) is 10.4. The number of hydrogen-bond acceptors (Lipinski definition) is 3. The maximum absolute atomic E-state index is 13.4. The first kappa shape index (κ1) is 19.1. The van der Waals surface area contributed by atoms with Crippen molar-refractivity contribution in [1.29, 1.82) is 0 Å². The molecule has 0 bridgehead atoms. The Hall–Kier alpha value is -2.25. The van der Waals surface area contributed by atoms with Gasteiger partial charge in [-0.3, -0.25) is 9.59 Å². The number of nitrogens with one attached hydrogen (secondary N) is 1. The molecular formula is C16H10Cl2F3NO3. The molecule has 1 N–H and O–H groups in total. The first-order valence-corrected chi connectivity index (χ1v) is 7.56. The highest BCUT2D eigenvalue weighted by Crippen LogP contribution is 2.23. The quantitative estimate of drug-likeness (QED) is 0.615. The molecule has 1 amide bonds. The first-order chi connectivity index (χ1) is 11.8. The van der Waals surface area contributed by atoms with Crippen LogP contribution in [0.2, 0.25) is 10.0 Å². The van der Waals surface area contributed by atoms with E-state index < -0.39 is 41.6 Å². The van der Waals surface area contributed by atoms with Crippen LogP contribution < -0.4 is 5.32 Å². The first-order valence-electron chi connectivity index (χ1n) is 6.81. The number of ether oxygens (including phenoxy) is 1. The SMILES string of the molecule is O=C(COC(=O)Cc1ccc(Cl)c(Cl)c1)Nc1ccc(F)c(F)c1F. The van der Waals surface area contributed by atoms with Gasteiger partial charge in [-0.1, -0.05) is 29.3 Å². The predicted octanol–water partition coefficient (Wildman–Crippen LogP) is 4.14.